The van der Waals surface area contributed by atoms with E-state index in [4.69, 9.17) is 0 Å². The van der Waals surface area contributed by atoms with E-state index in [1.54, 1.807) is 13.8 Å². The van der Waals surface area contributed by atoms with Crippen molar-refractivity contribution in [2.75, 3.05) is 5.32 Å². The fourth-order valence-electron chi connectivity index (χ4n) is 2.31. The van der Waals surface area contributed by atoms with E-state index >= 15 is 0 Å². The molecule has 7 heteroatoms. The highest BCUT2D eigenvalue weighted by atomic mass is 32.2. The second kappa shape index (κ2) is 7.14. The lowest BCUT2D eigenvalue weighted by atomic mass is 10.2. The normalized spacial score (nSPS) is 12.2. The number of halogens is 2. The number of hydrogen-bond acceptors (Lipinski definition) is 4. The van der Waals surface area contributed by atoms with E-state index in [1.807, 2.05) is 24.3 Å². The molecular weight excluding hydrogens is 344 g/mol. The van der Waals surface area contributed by atoms with Crippen molar-refractivity contribution in [3.8, 4) is 0 Å². The first-order valence-corrected chi connectivity index (χ1v) is 8.48. The highest BCUT2D eigenvalue weighted by molar-refractivity contribution is 8.00. The van der Waals surface area contributed by atoms with E-state index < -0.39 is 28.5 Å². The highest BCUT2D eigenvalue weighted by Crippen LogP contribution is 2.29. The minimum atomic E-state index is -0.811. The van der Waals surface area contributed by atoms with Crippen molar-refractivity contribution < 1.29 is 13.6 Å². The highest BCUT2D eigenvalue weighted by Gasteiger charge is 2.20. The smallest absolute Gasteiger partial charge is 0.237 e. The molecule has 0 fully saturated rings. The van der Waals surface area contributed by atoms with Crippen molar-refractivity contribution in [1.82, 2.24) is 9.97 Å². The fraction of sp³-hybridized carbons (Fsp3) is 0.167. The van der Waals surface area contributed by atoms with Crippen LogP contribution in [-0.2, 0) is 4.79 Å². The number of benzene rings is 2. The zero-order valence-electron chi connectivity index (χ0n) is 13.6. The molecule has 128 valence electrons. The molecule has 1 amide bonds. The summed E-state index contributed by atoms with van der Waals surface area (Å²) in [5, 5.41) is 3.19. The van der Waals surface area contributed by atoms with Gasteiger partial charge in [-0.1, -0.05) is 36.0 Å². The number of rotatable bonds is 4. The number of hydrogen-bond donors (Lipinski definition) is 1. The van der Waals surface area contributed by atoms with Gasteiger partial charge in [-0.3, -0.25) is 4.79 Å². The van der Waals surface area contributed by atoms with Gasteiger partial charge < -0.3 is 5.32 Å². The molecule has 3 rings (SSSR count). The Morgan fingerprint density at radius 1 is 1.08 bits per heavy atom. The van der Waals surface area contributed by atoms with Gasteiger partial charge in [0.05, 0.1) is 10.8 Å². The summed E-state index contributed by atoms with van der Waals surface area (Å²) in [7, 11) is 0. The molecule has 0 spiro atoms. The van der Waals surface area contributed by atoms with E-state index in [9.17, 15) is 13.6 Å². The van der Waals surface area contributed by atoms with E-state index in [0.29, 0.717) is 10.9 Å². The van der Waals surface area contributed by atoms with Crippen LogP contribution in [0.4, 0.5) is 14.5 Å². The van der Waals surface area contributed by atoms with E-state index in [0.717, 1.165) is 23.0 Å². The molecule has 3 aromatic rings. The van der Waals surface area contributed by atoms with Crippen molar-refractivity contribution in [1.29, 1.82) is 0 Å². The number of thioether (sulfide) groups is 1. The number of nitrogens with zero attached hydrogens (tertiary/aromatic N) is 2. The lowest BCUT2D eigenvalue weighted by Crippen LogP contribution is -2.23. The maximum atomic E-state index is 13.7. The number of para-hydroxylation sites is 2. The number of carbonyl (C=O) groups is 1. The number of carbonyl (C=O) groups excluding carboxylic acids is 1. The quantitative estimate of drug-likeness (QED) is 0.556. The predicted molar refractivity (Wildman–Crippen MR) is 94.6 cm³/mol. The van der Waals surface area contributed by atoms with Crippen molar-refractivity contribution in [2.24, 2.45) is 0 Å². The van der Waals surface area contributed by atoms with Gasteiger partial charge in [0, 0.05) is 5.39 Å². The topological polar surface area (TPSA) is 54.9 Å². The molecule has 1 atom stereocenters. The lowest BCUT2D eigenvalue weighted by Gasteiger charge is -2.14. The van der Waals surface area contributed by atoms with Gasteiger partial charge in [0.2, 0.25) is 5.91 Å². The molecule has 1 N–H and O–H groups in total. The molecule has 4 nitrogen and oxygen atoms in total. The third-order valence-electron chi connectivity index (χ3n) is 3.55. The van der Waals surface area contributed by atoms with Crippen LogP contribution in [0.25, 0.3) is 10.9 Å². The average Bonchev–Trinajstić information content (AvgIpc) is 2.58. The maximum absolute atomic E-state index is 13.7. The Balaban J connectivity index is 1.83. The second-order valence-electron chi connectivity index (χ2n) is 5.44. The molecule has 0 unspecified atom stereocenters. The van der Waals surface area contributed by atoms with Crippen LogP contribution in [0, 0.1) is 18.6 Å². The lowest BCUT2D eigenvalue weighted by molar-refractivity contribution is -0.115. The van der Waals surface area contributed by atoms with Crippen molar-refractivity contribution in [2.45, 2.75) is 24.1 Å². The van der Waals surface area contributed by atoms with Gasteiger partial charge in [0.15, 0.2) is 0 Å². The summed E-state index contributed by atoms with van der Waals surface area (Å²) in [6.45, 7) is 3.43. The largest absolute Gasteiger partial charge is 0.320 e. The SMILES string of the molecule is Cc1nc(S[C@@H](C)C(=O)Nc2c(F)cccc2F)c2ccccc2n1. The molecule has 0 bridgehead atoms. The summed E-state index contributed by atoms with van der Waals surface area (Å²) in [6, 6.07) is 10.9. The molecule has 0 aliphatic carbocycles. The Kier molecular flexibility index (Phi) is 4.94. The Labute approximate surface area is 147 Å². The first-order chi connectivity index (χ1) is 12.0. The molecule has 25 heavy (non-hydrogen) atoms. The molecule has 0 radical (unpaired) electrons. The van der Waals surface area contributed by atoms with Crippen LogP contribution in [0.5, 0.6) is 0 Å². The summed E-state index contributed by atoms with van der Waals surface area (Å²) < 4.78 is 27.4. The number of nitrogens with one attached hydrogen (secondary N) is 1. The van der Waals surface area contributed by atoms with Gasteiger partial charge in [0.25, 0.3) is 0 Å². The molecular formula is C18H15F2N3OS. The Bertz CT molecular complexity index is 929. The maximum Gasteiger partial charge on any atom is 0.237 e. The molecule has 0 saturated heterocycles. The fourth-order valence-corrected chi connectivity index (χ4v) is 3.30. The van der Waals surface area contributed by atoms with Gasteiger partial charge in [-0.25, -0.2) is 18.7 Å². The number of fused-ring (bicyclic) bond motifs is 1. The van der Waals surface area contributed by atoms with Crippen molar-refractivity contribution in [3.63, 3.8) is 0 Å². The van der Waals surface area contributed by atoms with E-state index in [2.05, 4.69) is 15.3 Å². The molecule has 1 aromatic heterocycles. The van der Waals surface area contributed by atoms with Gasteiger partial charge in [-0.2, -0.15) is 0 Å². The first kappa shape index (κ1) is 17.3. The van der Waals surface area contributed by atoms with Gasteiger partial charge in [0.1, 0.15) is 28.2 Å². The monoisotopic (exact) mass is 359 g/mol. The van der Waals surface area contributed by atoms with Crippen LogP contribution in [0.2, 0.25) is 0 Å². The predicted octanol–water partition coefficient (Wildman–Crippen LogP) is 4.34. The molecule has 0 saturated carbocycles. The molecule has 0 aliphatic rings. The van der Waals surface area contributed by atoms with Gasteiger partial charge in [-0.15, -0.1) is 0 Å². The Morgan fingerprint density at radius 3 is 2.48 bits per heavy atom. The molecule has 1 heterocycles. The zero-order valence-corrected chi connectivity index (χ0v) is 14.4. The summed E-state index contributed by atoms with van der Waals surface area (Å²) in [4.78, 5) is 21.1. The number of aryl methyl sites for hydroxylation is 1. The number of amides is 1. The van der Waals surface area contributed by atoms with E-state index in [1.165, 1.54) is 17.8 Å². The van der Waals surface area contributed by atoms with Crippen LogP contribution in [0.15, 0.2) is 47.5 Å². The van der Waals surface area contributed by atoms with Gasteiger partial charge >= 0.3 is 0 Å². The first-order valence-electron chi connectivity index (χ1n) is 7.60. The van der Waals surface area contributed by atoms with Crippen LogP contribution < -0.4 is 5.32 Å². The third kappa shape index (κ3) is 3.76. The van der Waals surface area contributed by atoms with Crippen LogP contribution >= 0.6 is 11.8 Å². The molecule has 0 aliphatic heterocycles. The van der Waals surface area contributed by atoms with Crippen LogP contribution in [-0.4, -0.2) is 21.1 Å². The van der Waals surface area contributed by atoms with Crippen LogP contribution in [0.1, 0.15) is 12.7 Å². The summed E-state index contributed by atoms with van der Waals surface area (Å²) in [6.07, 6.45) is 0. The number of anilines is 1. The van der Waals surface area contributed by atoms with Crippen LogP contribution in [0.3, 0.4) is 0 Å². The standard InChI is InChI=1S/C18H15F2N3OS/c1-10(17(24)23-16-13(19)7-5-8-14(16)20)25-18-12-6-3-4-9-15(12)21-11(2)22-18/h3-10H,1-2H3,(H,23,24)/t10-/m0/s1. The average molecular weight is 359 g/mol. The molecule has 2 aromatic carbocycles. The summed E-state index contributed by atoms with van der Waals surface area (Å²) in [5.41, 5.74) is 0.342. The second-order valence-corrected chi connectivity index (χ2v) is 6.77. The Morgan fingerprint density at radius 2 is 1.76 bits per heavy atom. The minimum absolute atomic E-state index is 0.441. The third-order valence-corrected chi connectivity index (χ3v) is 4.65. The minimum Gasteiger partial charge on any atom is -0.320 e. The Hall–Kier alpha value is -2.54. The summed E-state index contributed by atoms with van der Waals surface area (Å²) in [5.74, 6) is -1.54. The zero-order chi connectivity index (χ0) is 18.0. The summed E-state index contributed by atoms with van der Waals surface area (Å²) >= 11 is 1.22. The van der Waals surface area contributed by atoms with Crippen molar-refractivity contribution >= 4 is 34.3 Å². The van der Waals surface area contributed by atoms with Crippen molar-refractivity contribution in [3.05, 3.63) is 59.9 Å². The van der Waals surface area contributed by atoms with E-state index in [-0.39, 0.29) is 0 Å². The number of aromatic nitrogens is 2. The van der Waals surface area contributed by atoms with Gasteiger partial charge in [-0.05, 0) is 32.0 Å².